The van der Waals surface area contributed by atoms with Crippen molar-refractivity contribution in [1.82, 2.24) is 9.97 Å². The number of aryl methyl sites for hydroxylation is 2. The Kier molecular flexibility index (Phi) is 5.47. The number of carbonyl (C=O) groups is 1. The van der Waals surface area contributed by atoms with Crippen molar-refractivity contribution >= 4 is 17.5 Å². The normalized spacial score (nSPS) is 10.3. The third-order valence-electron chi connectivity index (χ3n) is 3.47. The first kappa shape index (κ1) is 15.9. The van der Waals surface area contributed by atoms with Gasteiger partial charge in [0.25, 0.3) is 5.91 Å². The monoisotopic (exact) mass is 298 g/mol. The molecule has 1 heterocycles. The van der Waals surface area contributed by atoms with Crippen molar-refractivity contribution in [2.75, 3.05) is 17.2 Å². The topological polar surface area (TPSA) is 66.9 Å². The van der Waals surface area contributed by atoms with E-state index in [1.807, 2.05) is 32.0 Å². The summed E-state index contributed by atoms with van der Waals surface area (Å²) in [5.41, 5.74) is 3.46. The van der Waals surface area contributed by atoms with E-state index in [2.05, 4.69) is 27.5 Å². The van der Waals surface area contributed by atoms with Gasteiger partial charge in [0.15, 0.2) is 0 Å². The highest BCUT2D eigenvalue weighted by molar-refractivity contribution is 6.03. The smallest absolute Gasteiger partial charge is 0.274 e. The molecule has 0 aliphatic rings. The molecule has 1 amide bonds. The number of nitrogens with one attached hydrogen (secondary N) is 2. The Labute approximate surface area is 131 Å². The Bertz CT molecular complexity index is 655. The Morgan fingerprint density at radius 1 is 1.18 bits per heavy atom. The molecule has 1 aromatic heterocycles. The molecule has 0 radical (unpaired) electrons. The quantitative estimate of drug-likeness (QED) is 0.800. The molecule has 0 bridgehead atoms. The second kappa shape index (κ2) is 7.54. The number of hydrogen-bond donors (Lipinski definition) is 2. The third kappa shape index (κ3) is 4.28. The lowest BCUT2D eigenvalue weighted by atomic mass is 10.1. The third-order valence-corrected chi connectivity index (χ3v) is 3.47. The highest BCUT2D eigenvalue weighted by Gasteiger charge is 2.09. The van der Waals surface area contributed by atoms with E-state index in [-0.39, 0.29) is 5.91 Å². The number of aromatic nitrogens is 2. The summed E-state index contributed by atoms with van der Waals surface area (Å²) in [5, 5.41) is 5.98. The van der Waals surface area contributed by atoms with Gasteiger partial charge in [-0.3, -0.25) is 4.79 Å². The van der Waals surface area contributed by atoms with Crippen LogP contribution in [0.25, 0.3) is 0 Å². The van der Waals surface area contributed by atoms with Crippen LogP contribution in [0.15, 0.2) is 30.5 Å². The van der Waals surface area contributed by atoms with Crippen LogP contribution in [0, 0.1) is 13.8 Å². The molecule has 0 atom stereocenters. The van der Waals surface area contributed by atoms with Crippen molar-refractivity contribution in [3.63, 3.8) is 0 Å². The summed E-state index contributed by atoms with van der Waals surface area (Å²) in [5.74, 6) is 0.255. The molecule has 116 valence electrons. The number of carbonyl (C=O) groups excluding carboxylic acids is 1. The van der Waals surface area contributed by atoms with E-state index in [0.29, 0.717) is 11.6 Å². The molecule has 1 aromatic carbocycles. The lowest BCUT2D eigenvalue weighted by Gasteiger charge is -2.08. The van der Waals surface area contributed by atoms with Crippen LogP contribution in [0.5, 0.6) is 0 Å². The van der Waals surface area contributed by atoms with Gasteiger partial charge in [-0.15, -0.1) is 0 Å². The average Bonchev–Trinajstić information content (AvgIpc) is 2.51. The highest BCUT2D eigenvalue weighted by atomic mass is 16.1. The van der Waals surface area contributed by atoms with Crippen molar-refractivity contribution < 1.29 is 4.79 Å². The highest BCUT2D eigenvalue weighted by Crippen LogP contribution is 2.15. The first-order chi connectivity index (χ1) is 10.6. The van der Waals surface area contributed by atoms with E-state index in [4.69, 9.17) is 0 Å². The molecule has 0 aliphatic carbocycles. The maximum Gasteiger partial charge on any atom is 0.274 e. The number of hydrogen-bond acceptors (Lipinski definition) is 4. The van der Waals surface area contributed by atoms with Crippen molar-refractivity contribution in [3.8, 4) is 0 Å². The predicted molar refractivity (Wildman–Crippen MR) is 89.3 cm³/mol. The molecule has 5 heteroatoms. The SMILES string of the molecule is CCCCNc1nccc(C(=O)Nc2ccc(C)c(C)c2)n1. The average molecular weight is 298 g/mol. The Morgan fingerprint density at radius 3 is 2.73 bits per heavy atom. The zero-order chi connectivity index (χ0) is 15.9. The molecule has 2 aromatic rings. The van der Waals surface area contributed by atoms with Crippen LogP contribution in [0.1, 0.15) is 41.4 Å². The van der Waals surface area contributed by atoms with E-state index >= 15 is 0 Å². The molecule has 22 heavy (non-hydrogen) atoms. The molecular weight excluding hydrogens is 276 g/mol. The van der Waals surface area contributed by atoms with Crippen LogP contribution in [-0.4, -0.2) is 22.4 Å². The summed E-state index contributed by atoms with van der Waals surface area (Å²) < 4.78 is 0. The van der Waals surface area contributed by atoms with Crippen LogP contribution in [0.2, 0.25) is 0 Å². The van der Waals surface area contributed by atoms with Crippen molar-refractivity contribution in [1.29, 1.82) is 0 Å². The Morgan fingerprint density at radius 2 is 2.00 bits per heavy atom. The molecule has 0 aliphatic heterocycles. The number of unbranched alkanes of at least 4 members (excludes halogenated alkanes) is 1. The van der Waals surface area contributed by atoms with Crippen molar-refractivity contribution in [2.45, 2.75) is 33.6 Å². The number of anilines is 2. The lowest BCUT2D eigenvalue weighted by Crippen LogP contribution is -2.15. The predicted octanol–water partition coefficient (Wildman–Crippen LogP) is 3.56. The van der Waals surface area contributed by atoms with Gasteiger partial charge in [-0.05, 0) is 49.6 Å². The van der Waals surface area contributed by atoms with Gasteiger partial charge in [-0.25, -0.2) is 9.97 Å². The van der Waals surface area contributed by atoms with Gasteiger partial charge in [0, 0.05) is 18.4 Å². The fourth-order valence-corrected chi connectivity index (χ4v) is 1.96. The largest absolute Gasteiger partial charge is 0.354 e. The van der Waals surface area contributed by atoms with Crippen LogP contribution < -0.4 is 10.6 Å². The molecule has 2 N–H and O–H groups in total. The summed E-state index contributed by atoms with van der Waals surface area (Å²) in [6.45, 7) is 6.99. The number of amides is 1. The van der Waals surface area contributed by atoms with Gasteiger partial charge in [0.1, 0.15) is 5.69 Å². The van der Waals surface area contributed by atoms with Crippen LogP contribution in [0.4, 0.5) is 11.6 Å². The standard InChI is InChI=1S/C17H22N4O/c1-4-5-9-18-17-19-10-8-15(21-17)16(22)20-14-7-6-12(2)13(3)11-14/h6-8,10-11H,4-5,9H2,1-3H3,(H,20,22)(H,18,19,21). The summed E-state index contributed by atoms with van der Waals surface area (Å²) in [6.07, 6.45) is 3.74. The molecule has 0 saturated carbocycles. The van der Waals surface area contributed by atoms with E-state index in [9.17, 15) is 4.79 Å². The van der Waals surface area contributed by atoms with E-state index in [1.165, 1.54) is 5.56 Å². The van der Waals surface area contributed by atoms with Gasteiger partial charge >= 0.3 is 0 Å². The summed E-state index contributed by atoms with van der Waals surface area (Å²) in [6, 6.07) is 7.45. The minimum absolute atomic E-state index is 0.232. The molecule has 0 fully saturated rings. The Hall–Kier alpha value is -2.43. The maximum atomic E-state index is 12.3. The van der Waals surface area contributed by atoms with Crippen molar-refractivity contribution in [2.24, 2.45) is 0 Å². The maximum absolute atomic E-state index is 12.3. The molecular formula is C17H22N4O. The second-order valence-corrected chi connectivity index (χ2v) is 5.30. The first-order valence-electron chi connectivity index (χ1n) is 7.55. The fourth-order valence-electron chi connectivity index (χ4n) is 1.96. The van der Waals surface area contributed by atoms with Gasteiger partial charge in [-0.1, -0.05) is 19.4 Å². The van der Waals surface area contributed by atoms with Gasteiger partial charge in [-0.2, -0.15) is 0 Å². The van der Waals surface area contributed by atoms with Gasteiger partial charge < -0.3 is 10.6 Å². The minimum atomic E-state index is -0.232. The molecule has 0 saturated heterocycles. The number of benzene rings is 1. The zero-order valence-corrected chi connectivity index (χ0v) is 13.3. The molecule has 0 unspecified atom stereocenters. The number of rotatable bonds is 6. The number of nitrogens with zero attached hydrogens (tertiary/aromatic N) is 2. The van der Waals surface area contributed by atoms with Crippen molar-refractivity contribution in [3.05, 3.63) is 47.3 Å². The van der Waals surface area contributed by atoms with Crippen LogP contribution >= 0.6 is 0 Å². The van der Waals surface area contributed by atoms with Gasteiger partial charge in [0.05, 0.1) is 0 Å². The van der Waals surface area contributed by atoms with Crippen LogP contribution in [-0.2, 0) is 0 Å². The summed E-state index contributed by atoms with van der Waals surface area (Å²) in [7, 11) is 0. The van der Waals surface area contributed by atoms with E-state index in [0.717, 1.165) is 30.6 Å². The molecule has 5 nitrogen and oxygen atoms in total. The fraction of sp³-hybridized carbons (Fsp3) is 0.353. The summed E-state index contributed by atoms with van der Waals surface area (Å²) in [4.78, 5) is 20.6. The van der Waals surface area contributed by atoms with E-state index in [1.54, 1.807) is 12.3 Å². The Balaban J connectivity index is 2.05. The second-order valence-electron chi connectivity index (χ2n) is 5.30. The summed E-state index contributed by atoms with van der Waals surface area (Å²) >= 11 is 0. The minimum Gasteiger partial charge on any atom is -0.354 e. The van der Waals surface area contributed by atoms with Gasteiger partial charge in [0.2, 0.25) is 5.95 Å². The molecule has 2 rings (SSSR count). The molecule has 0 spiro atoms. The zero-order valence-electron chi connectivity index (χ0n) is 13.3. The van der Waals surface area contributed by atoms with Crippen LogP contribution in [0.3, 0.4) is 0 Å². The van der Waals surface area contributed by atoms with E-state index < -0.39 is 0 Å². The lowest BCUT2D eigenvalue weighted by molar-refractivity contribution is 0.102. The first-order valence-corrected chi connectivity index (χ1v) is 7.55.